The van der Waals surface area contributed by atoms with E-state index in [1.807, 2.05) is 0 Å². The van der Waals surface area contributed by atoms with Gasteiger partial charge in [-0.05, 0) is 6.04 Å². The van der Waals surface area contributed by atoms with Crippen molar-refractivity contribution in [3.63, 3.8) is 0 Å². The van der Waals surface area contributed by atoms with Gasteiger partial charge in [0.1, 0.15) is 12.4 Å². The van der Waals surface area contributed by atoms with Crippen LogP contribution < -0.4 is 5.56 Å². The summed E-state index contributed by atoms with van der Waals surface area (Å²) in [4.78, 5) is 15.5. The van der Waals surface area contributed by atoms with Crippen LogP contribution in [0.4, 0.5) is 13.2 Å². The highest BCUT2D eigenvalue weighted by molar-refractivity contribution is 6.76. The number of fused-ring (bicyclic) bond motifs is 1. The zero-order valence-corrected chi connectivity index (χ0v) is 13.6. The molecule has 2 heterocycles. The van der Waals surface area contributed by atoms with Crippen LogP contribution >= 0.6 is 0 Å². The van der Waals surface area contributed by atoms with Gasteiger partial charge < -0.3 is 4.74 Å². The van der Waals surface area contributed by atoms with E-state index in [9.17, 15) is 18.0 Å². The Balaban J connectivity index is 2.31. The highest BCUT2D eigenvalue weighted by atomic mass is 28.3. The van der Waals surface area contributed by atoms with Gasteiger partial charge in [-0.25, -0.2) is 4.98 Å². The Morgan fingerprint density at radius 3 is 2.59 bits per heavy atom. The molecular weight excluding hydrogens is 315 g/mol. The van der Waals surface area contributed by atoms with Crippen molar-refractivity contribution in [2.75, 3.05) is 6.61 Å². The molecular formula is C13H18F3N3O2Si. The Kier molecular flexibility index (Phi) is 4.48. The number of imidazole rings is 1. The summed E-state index contributed by atoms with van der Waals surface area (Å²) in [5.74, 6) is -0.0761. The highest BCUT2D eigenvalue weighted by Crippen LogP contribution is 2.30. The first-order valence-electron chi connectivity index (χ1n) is 6.81. The number of hydrogen-bond donors (Lipinski definition) is 0. The van der Waals surface area contributed by atoms with Crippen LogP contribution in [-0.2, 0) is 17.6 Å². The smallest absolute Gasteiger partial charge is 0.361 e. The second-order valence-electron chi connectivity index (χ2n) is 6.24. The molecule has 0 saturated heterocycles. The molecule has 9 heteroatoms. The van der Waals surface area contributed by atoms with Gasteiger partial charge in [-0.1, -0.05) is 19.6 Å². The number of hydrogen-bond acceptors (Lipinski definition) is 3. The fourth-order valence-electron chi connectivity index (χ4n) is 1.92. The van der Waals surface area contributed by atoms with Gasteiger partial charge >= 0.3 is 6.18 Å². The average Bonchev–Trinajstić information content (AvgIpc) is 2.74. The summed E-state index contributed by atoms with van der Waals surface area (Å²) in [6.45, 7) is 6.57. The van der Waals surface area contributed by atoms with Gasteiger partial charge in [-0.3, -0.25) is 13.8 Å². The number of alkyl halides is 3. The van der Waals surface area contributed by atoms with E-state index >= 15 is 0 Å². The van der Waals surface area contributed by atoms with E-state index in [1.54, 1.807) is 0 Å². The van der Waals surface area contributed by atoms with Crippen molar-refractivity contribution < 1.29 is 17.9 Å². The van der Waals surface area contributed by atoms with E-state index in [4.69, 9.17) is 4.74 Å². The molecule has 0 aromatic carbocycles. The van der Waals surface area contributed by atoms with E-state index in [2.05, 4.69) is 24.6 Å². The fourth-order valence-corrected chi connectivity index (χ4v) is 2.67. The third kappa shape index (κ3) is 3.77. The topological polar surface area (TPSA) is 48.5 Å². The number of rotatable bonds is 5. The minimum atomic E-state index is -4.58. The van der Waals surface area contributed by atoms with E-state index in [0.29, 0.717) is 6.61 Å². The minimum Gasteiger partial charge on any atom is -0.361 e. The number of ether oxygens (including phenoxy) is 1. The summed E-state index contributed by atoms with van der Waals surface area (Å²) in [6, 6.07) is 1.96. The molecule has 22 heavy (non-hydrogen) atoms. The highest BCUT2D eigenvalue weighted by Gasteiger charge is 2.36. The van der Waals surface area contributed by atoms with Gasteiger partial charge in [-0.2, -0.15) is 13.2 Å². The number of nitrogens with zero attached hydrogens (tertiary/aromatic N) is 3. The third-order valence-corrected chi connectivity index (χ3v) is 4.85. The van der Waals surface area contributed by atoms with Gasteiger partial charge in [0.15, 0.2) is 0 Å². The van der Waals surface area contributed by atoms with Crippen molar-refractivity contribution in [2.45, 2.75) is 38.6 Å². The van der Waals surface area contributed by atoms with Gasteiger partial charge in [0.25, 0.3) is 5.56 Å². The van der Waals surface area contributed by atoms with Crippen molar-refractivity contribution in [3.05, 3.63) is 34.5 Å². The largest absolute Gasteiger partial charge is 0.433 e. The summed E-state index contributed by atoms with van der Waals surface area (Å²) in [6.07, 6.45) is -2.63. The van der Waals surface area contributed by atoms with Gasteiger partial charge in [0, 0.05) is 33.1 Å². The molecule has 0 saturated carbocycles. The lowest BCUT2D eigenvalue weighted by molar-refractivity contribution is -0.145. The van der Waals surface area contributed by atoms with Crippen LogP contribution in [0.2, 0.25) is 25.7 Å². The molecule has 0 aliphatic heterocycles. The summed E-state index contributed by atoms with van der Waals surface area (Å²) in [5, 5.41) is 0. The Morgan fingerprint density at radius 1 is 1.32 bits per heavy atom. The maximum absolute atomic E-state index is 13.1. The molecule has 2 aromatic rings. The van der Waals surface area contributed by atoms with Crippen LogP contribution in [0.3, 0.4) is 0 Å². The quantitative estimate of drug-likeness (QED) is 0.624. The molecule has 2 aromatic heterocycles. The molecule has 0 atom stereocenters. The maximum Gasteiger partial charge on any atom is 0.433 e. The second kappa shape index (κ2) is 5.88. The zero-order chi connectivity index (χ0) is 16.5. The molecule has 5 nitrogen and oxygen atoms in total. The SMILES string of the molecule is C[Si](C)(C)CCOCn1c(C(F)(F)F)cn2c(=O)ccnc12. The van der Waals surface area contributed by atoms with Crippen molar-refractivity contribution in [1.82, 2.24) is 14.0 Å². The van der Waals surface area contributed by atoms with Crippen LogP contribution in [0.15, 0.2) is 23.3 Å². The normalized spacial score (nSPS) is 13.0. The van der Waals surface area contributed by atoms with E-state index in [1.165, 1.54) is 6.20 Å². The van der Waals surface area contributed by atoms with Gasteiger partial charge in [-0.15, -0.1) is 0 Å². The van der Waals surface area contributed by atoms with E-state index < -0.39 is 25.5 Å². The third-order valence-electron chi connectivity index (χ3n) is 3.15. The molecule has 122 valence electrons. The predicted octanol–water partition coefficient (Wildman–Crippen LogP) is 2.83. The van der Waals surface area contributed by atoms with Crippen LogP contribution in [0.5, 0.6) is 0 Å². The average molecular weight is 333 g/mol. The maximum atomic E-state index is 13.1. The molecule has 0 amide bonds. The Hall–Kier alpha value is -1.61. The van der Waals surface area contributed by atoms with Gasteiger partial charge in [0.2, 0.25) is 5.78 Å². The standard InChI is InChI=1S/C13H18F3N3O2Si/c1-22(2,3)7-6-21-9-19-10(13(14,15)16)8-18-11(20)4-5-17-12(18)19/h4-5,8H,6-7,9H2,1-3H3. The van der Waals surface area contributed by atoms with Crippen molar-refractivity contribution >= 4 is 13.9 Å². The van der Waals surface area contributed by atoms with Crippen LogP contribution in [-0.4, -0.2) is 28.6 Å². The van der Waals surface area contributed by atoms with Crippen LogP contribution in [0.25, 0.3) is 5.78 Å². The molecule has 0 aliphatic carbocycles. The first-order valence-corrected chi connectivity index (χ1v) is 10.5. The van der Waals surface area contributed by atoms with E-state index in [0.717, 1.165) is 27.3 Å². The summed E-state index contributed by atoms with van der Waals surface area (Å²) >= 11 is 0. The van der Waals surface area contributed by atoms with Crippen molar-refractivity contribution in [1.29, 1.82) is 0 Å². The molecule has 0 radical (unpaired) electrons. The molecule has 0 fully saturated rings. The fraction of sp³-hybridized carbons (Fsp3) is 0.538. The number of halogens is 3. The monoisotopic (exact) mass is 333 g/mol. The first-order chi connectivity index (χ1) is 10.1. The van der Waals surface area contributed by atoms with E-state index in [-0.39, 0.29) is 12.5 Å². The van der Waals surface area contributed by atoms with Crippen molar-refractivity contribution in [3.8, 4) is 0 Å². The van der Waals surface area contributed by atoms with Gasteiger partial charge in [0.05, 0.1) is 0 Å². The Bertz CT molecular complexity index is 716. The van der Waals surface area contributed by atoms with Crippen LogP contribution in [0, 0.1) is 0 Å². The molecule has 0 spiro atoms. The summed E-state index contributed by atoms with van der Waals surface area (Å²) in [5.41, 5.74) is -1.51. The molecule has 2 rings (SSSR count). The molecule has 0 N–H and O–H groups in total. The Morgan fingerprint density at radius 2 is 2.00 bits per heavy atom. The zero-order valence-electron chi connectivity index (χ0n) is 12.6. The lowest BCUT2D eigenvalue weighted by Gasteiger charge is -2.16. The first kappa shape index (κ1) is 16.8. The van der Waals surface area contributed by atoms with Crippen molar-refractivity contribution in [2.24, 2.45) is 0 Å². The predicted molar refractivity (Wildman–Crippen MR) is 78.6 cm³/mol. The second-order valence-corrected chi connectivity index (χ2v) is 11.9. The lowest BCUT2D eigenvalue weighted by atomic mass is 10.4. The Labute approximate surface area is 126 Å². The summed E-state index contributed by atoms with van der Waals surface area (Å²) in [7, 11) is -1.32. The molecule has 0 bridgehead atoms. The minimum absolute atomic E-state index is 0.0761. The van der Waals surface area contributed by atoms with Crippen LogP contribution in [0.1, 0.15) is 5.69 Å². The molecule has 0 unspecified atom stereocenters. The lowest BCUT2D eigenvalue weighted by Crippen LogP contribution is -2.23. The summed E-state index contributed by atoms with van der Waals surface area (Å²) < 4.78 is 46.5. The number of aromatic nitrogens is 3. The molecule has 0 aliphatic rings.